The lowest BCUT2D eigenvalue weighted by Crippen LogP contribution is -2.31. The van der Waals surface area contributed by atoms with Gasteiger partial charge in [-0.2, -0.15) is 0 Å². The molecule has 6 rings (SSSR count). The van der Waals surface area contributed by atoms with Crippen LogP contribution in [-0.4, -0.2) is 53.3 Å². The van der Waals surface area contributed by atoms with Gasteiger partial charge in [0.25, 0.3) is 5.56 Å². The minimum absolute atomic E-state index is 0.201. The van der Waals surface area contributed by atoms with Crippen LogP contribution in [0.15, 0.2) is 47.5 Å². The number of nitrogens with one attached hydrogen (secondary N) is 3. The third kappa shape index (κ3) is 6.04. The van der Waals surface area contributed by atoms with E-state index in [9.17, 15) is 9.90 Å². The quantitative estimate of drug-likeness (QED) is 0.205. The molecule has 0 bridgehead atoms. The Bertz CT molecular complexity index is 1740. The topological polar surface area (TPSA) is 94.5 Å². The van der Waals surface area contributed by atoms with Gasteiger partial charge in [0.15, 0.2) is 0 Å². The number of hydrogen-bond acceptors (Lipinski definition) is 8. The number of aromatic nitrogens is 2. The van der Waals surface area contributed by atoms with Crippen LogP contribution < -0.4 is 21.5 Å². The molecule has 0 radical (unpaired) electrons. The number of benzene rings is 1. The van der Waals surface area contributed by atoms with E-state index in [0.717, 1.165) is 50.1 Å². The summed E-state index contributed by atoms with van der Waals surface area (Å²) in [4.78, 5) is 22.4. The first kappa shape index (κ1) is 30.5. The second-order valence-electron chi connectivity index (χ2n) is 13.0. The predicted octanol–water partition coefficient (Wildman–Crippen LogP) is 5.22. The minimum Gasteiger partial charge on any atom is -0.392 e. The van der Waals surface area contributed by atoms with E-state index in [2.05, 4.69) is 39.7 Å². The molecule has 44 heavy (non-hydrogen) atoms. The summed E-state index contributed by atoms with van der Waals surface area (Å²) in [6, 6.07) is 8.24. The number of fused-ring (bicyclic) bond motifs is 3. The molecule has 1 aliphatic heterocycles. The van der Waals surface area contributed by atoms with Crippen molar-refractivity contribution in [3.63, 3.8) is 0 Å². The van der Waals surface area contributed by atoms with Crippen molar-refractivity contribution >= 4 is 28.5 Å². The van der Waals surface area contributed by atoms with Crippen LogP contribution in [0.2, 0.25) is 0 Å². The van der Waals surface area contributed by atoms with Gasteiger partial charge in [0.2, 0.25) is 0 Å². The Hall–Kier alpha value is -3.57. The molecule has 0 saturated carbocycles. The molecule has 4 N–H and O–H groups in total. The van der Waals surface area contributed by atoms with Gasteiger partial charge in [0.05, 0.1) is 24.5 Å². The van der Waals surface area contributed by atoms with Crippen molar-refractivity contribution in [2.45, 2.75) is 45.8 Å². The monoisotopic (exact) mass is 616 g/mol. The zero-order valence-electron chi connectivity index (χ0n) is 26.1. The summed E-state index contributed by atoms with van der Waals surface area (Å²) >= 11 is 1.84. The summed E-state index contributed by atoms with van der Waals surface area (Å²) < 4.78 is 16.9. The van der Waals surface area contributed by atoms with Crippen LogP contribution in [0.25, 0.3) is 11.1 Å². The van der Waals surface area contributed by atoms with Gasteiger partial charge in [-0.25, -0.2) is 9.37 Å². The van der Waals surface area contributed by atoms with E-state index in [4.69, 9.17) is 0 Å². The van der Waals surface area contributed by atoms with Crippen LogP contribution in [0.3, 0.4) is 0 Å². The second kappa shape index (κ2) is 12.1. The molecule has 4 heterocycles. The van der Waals surface area contributed by atoms with Crippen molar-refractivity contribution < 1.29 is 9.50 Å². The Morgan fingerprint density at radius 1 is 1.20 bits per heavy atom. The fourth-order valence-corrected chi connectivity index (χ4v) is 8.25. The van der Waals surface area contributed by atoms with E-state index in [1.165, 1.54) is 31.5 Å². The van der Waals surface area contributed by atoms with Gasteiger partial charge >= 0.3 is 0 Å². The molecule has 1 aromatic carbocycles. The Labute approximate surface area is 262 Å². The summed E-state index contributed by atoms with van der Waals surface area (Å²) in [5.74, 6) is 0.140. The van der Waals surface area contributed by atoms with E-state index in [1.807, 2.05) is 37.6 Å². The zero-order valence-corrected chi connectivity index (χ0v) is 26.9. The number of aryl methyl sites for hydroxylation is 1. The first-order chi connectivity index (χ1) is 21.0. The molecule has 1 atom stereocenters. The number of likely N-dealkylation sites (N-methyl/N-ethyl adjacent to an activating group) is 1. The van der Waals surface area contributed by atoms with Gasteiger partial charge in [-0.05, 0) is 96.9 Å². The highest BCUT2D eigenvalue weighted by atomic mass is 32.1. The molecular formula is C34H41FN6O2S. The molecule has 8 nitrogen and oxygen atoms in total. The van der Waals surface area contributed by atoms with Crippen LogP contribution in [0.4, 0.5) is 21.6 Å². The predicted molar refractivity (Wildman–Crippen MR) is 177 cm³/mol. The van der Waals surface area contributed by atoms with Gasteiger partial charge in [0.1, 0.15) is 17.3 Å². The number of nitrogens with zero attached hydrogens (tertiary/aromatic N) is 3. The van der Waals surface area contributed by atoms with E-state index in [1.54, 1.807) is 31.6 Å². The summed E-state index contributed by atoms with van der Waals surface area (Å²) in [5, 5.41) is 20.8. The van der Waals surface area contributed by atoms with Crippen LogP contribution in [0.5, 0.6) is 0 Å². The van der Waals surface area contributed by atoms with Crippen molar-refractivity contribution in [2.24, 2.45) is 12.5 Å². The highest BCUT2D eigenvalue weighted by Gasteiger charge is 2.37. The molecule has 0 saturated heterocycles. The first-order valence-electron chi connectivity index (χ1n) is 15.2. The molecular weight excluding hydrogens is 575 g/mol. The van der Waals surface area contributed by atoms with E-state index < -0.39 is 0 Å². The van der Waals surface area contributed by atoms with Crippen LogP contribution in [0, 0.1) is 11.2 Å². The largest absolute Gasteiger partial charge is 0.392 e. The van der Waals surface area contributed by atoms with Crippen molar-refractivity contribution in [3.8, 4) is 11.1 Å². The maximum absolute atomic E-state index is 15.4. The summed E-state index contributed by atoms with van der Waals surface area (Å²) in [6.45, 7) is 6.86. The smallest absolute Gasteiger partial charge is 0.274 e. The summed E-state index contributed by atoms with van der Waals surface area (Å²) in [5.41, 5.74) is 6.70. The van der Waals surface area contributed by atoms with Gasteiger partial charge in [-0.1, -0.05) is 13.8 Å². The van der Waals surface area contributed by atoms with Crippen molar-refractivity contribution in [2.75, 3.05) is 44.4 Å². The Morgan fingerprint density at radius 2 is 2.02 bits per heavy atom. The Balaban J connectivity index is 1.33. The van der Waals surface area contributed by atoms with Gasteiger partial charge in [0, 0.05) is 48.2 Å². The lowest BCUT2D eigenvalue weighted by Gasteiger charge is -2.28. The molecule has 1 unspecified atom stereocenters. The number of rotatable bonds is 9. The number of thiophene rings is 1. The van der Waals surface area contributed by atoms with Crippen LogP contribution in [0.1, 0.15) is 51.9 Å². The Kier molecular flexibility index (Phi) is 8.36. The maximum Gasteiger partial charge on any atom is 0.274 e. The molecule has 2 aliphatic rings. The molecule has 0 fully saturated rings. The normalized spacial score (nSPS) is 17.0. The van der Waals surface area contributed by atoms with Gasteiger partial charge in [-0.3, -0.25) is 4.79 Å². The molecule has 0 spiro atoms. The average molecular weight is 617 g/mol. The lowest BCUT2D eigenvalue weighted by molar-refractivity contribution is 0.280. The average Bonchev–Trinajstić information content (AvgIpc) is 3.47. The van der Waals surface area contributed by atoms with E-state index in [-0.39, 0.29) is 29.4 Å². The van der Waals surface area contributed by atoms with E-state index in [0.29, 0.717) is 28.2 Å². The number of halogens is 1. The van der Waals surface area contributed by atoms with Crippen LogP contribution in [-0.2, 0) is 32.9 Å². The fraction of sp³-hybridized carbons (Fsp3) is 0.412. The van der Waals surface area contributed by atoms with Gasteiger partial charge < -0.3 is 30.5 Å². The molecule has 1 aliphatic carbocycles. The number of aliphatic hydroxyl groups excluding tert-OH is 1. The molecule has 232 valence electrons. The molecule has 0 amide bonds. The fourth-order valence-electron chi connectivity index (χ4n) is 6.52. The van der Waals surface area contributed by atoms with Gasteiger partial charge in [-0.15, -0.1) is 11.3 Å². The van der Waals surface area contributed by atoms with Crippen molar-refractivity contribution in [1.82, 2.24) is 19.8 Å². The number of aliphatic hydroxyl groups is 1. The highest BCUT2D eigenvalue weighted by Crippen LogP contribution is 2.48. The summed E-state index contributed by atoms with van der Waals surface area (Å²) in [6.07, 6.45) is 6.51. The molecule has 4 aromatic rings. The zero-order chi connectivity index (χ0) is 31.2. The Morgan fingerprint density at radius 3 is 2.75 bits per heavy atom. The number of anilines is 3. The second-order valence-corrected chi connectivity index (χ2v) is 14.2. The third-order valence-electron chi connectivity index (χ3n) is 8.64. The SMILES string of the molecule is CN(C)CCNc1ccc(Nc2cc(-c3cc(F)cc(C4NCCc5c4sc4c5CC(C)(C)C4)c3CO)cn(C)c2=O)nc1. The lowest BCUT2D eigenvalue weighted by atomic mass is 9.86. The first-order valence-corrected chi connectivity index (χ1v) is 16.0. The third-order valence-corrected chi connectivity index (χ3v) is 9.98. The van der Waals surface area contributed by atoms with Crippen molar-refractivity contribution in [1.29, 1.82) is 0 Å². The number of hydrogen-bond donors (Lipinski definition) is 4. The van der Waals surface area contributed by atoms with Crippen molar-refractivity contribution in [3.05, 3.63) is 90.9 Å². The minimum atomic E-state index is -0.381. The molecule has 3 aromatic heterocycles. The molecule has 10 heteroatoms. The number of pyridine rings is 2. The standard InChI is InChI=1S/C34H41FN6O2S/c1-34(2)15-26-23-8-9-37-31(32(23)44-29(26)16-34)25-14-21(35)13-24(27(25)19-42)20-12-28(33(43)41(5)18-20)39-30-7-6-22(17-38-30)36-10-11-40(3)4/h6-7,12-14,17-18,31,36-37,42H,8-11,15-16,19H2,1-5H3,(H,38,39). The summed E-state index contributed by atoms with van der Waals surface area (Å²) in [7, 11) is 5.71. The van der Waals surface area contributed by atoms with E-state index >= 15 is 4.39 Å². The van der Waals surface area contributed by atoms with Crippen LogP contribution >= 0.6 is 11.3 Å². The maximum atomic E-state index is 15.4. The highest BCUT2D eigenvalue weighted by molar-refractivity contribution is 7.12.